The molecule has 0 saturated carbocycles. The zero-order valence-corrected chi connectivity index (χ0v) is 21.7. The van der Waals surface area contributed by atoms with E-state index in [0.29, 0.717) is 73.6 Å². The Morgan fingerprint density at radius 1 is 1.13 bits per heavy atom. The Balaban J connectivity index is 1.36. The molecule has 4 heterocycles. The maximum atomic E-state index is 15.3. The van der Waals surface area contributed by atoms with E-state index in [2.05, 4.69) is 0 Å². The lowest BCUT2D eigenvalue weighted by Crippen LogP contribution is -2.51. The van der Waals surface area contributed by atoms with Crippen LogP contribution in [0.1, 0.15) is 18.4 Å². The molecule has 2 fully saturated rings. The zero-order valence-electron chi connectivity index (χ0n) is 21.7. The number of nitrogen functional groups attached to an aromatic ring is 1. The van der Waals surface area contributed by atoms with Crippen molar-refractivity contribution in [2.75, 3.05) is 50.5 Å². The van der Waals surface area contributed by atoms with E-state index in [1.807, 2.05) is 40.1 Å². The molecule has 2 aromatic heterocycles. The van der Waals surface area contributed by atoms with Crippen LogP contribution in [0.2, 0.25) is 0 Å². The number of benzene rings is 2. The summed E-state index contributed by atoms with van der Waals surface area (Å²) in [6.45, 7) is 3.19. The van der Waals surface area contributed by atoms with Gasteiger partial charge in [0.2, 0.25) is 5.95 Å². The molecule has 1 unspecified atom stereocenters. The lowest BCUT2D eigenvalue weighted by atomic mass is 10.1. The van der Waals surface area contributed by atoms with Gasteiger partial charge >= 0.3 is 0 Å². The number of methoxy groups -OCH3 is 1. The molecule has 2 aliphatic rings. The molecular weight excluding hydrogens is 501 g/mol. The SMILES string of the molecule is COc1ccc(-c2nc(N3CCN(C(=O)C4CCCO4)CC3)nc3nn(Cc4ccccc4)c(N)c23)c(F)c1. The van der Waals surface area contributed by atoms with Crippen molar-refractivity contribution in [1.29, 1.82) is 0 Å². The van der Waals surface area contributed by atoms with Crippen molar-refractivity contribution in [3.63, 3.8) is 0 Å². The molecule has 0 bridgehead atoms. The topological polar surface area (TPSA) is 112 Å². The summed E-state index contributed by atoms with van der Waals surface area (Å²) in [5.74, 6) is 0.736. The highest BCUT2D eigenvalue weighted by Gasteiger charge is 2.31. The van der Waals surface area contributed by atoms with Gasteiger partial charge in [0.1, 0.15) is 23.5 Å². The molecule has 202 valence electrons. The van der Waals surface area contributed by atoms with Crippen LogP contribution in [0, 0.1) is 5.82 Å². The molecule has 1 amide bonds. The second-order valence-corrected chi connectivity index (χ2v) is 9.76. The number of hydrogen-bond acceptors (Lipinski definition) is 8. The highest BCUT2D eigenvalue weighted by atomic mass is 19.1. The highest BCUT2D eigenvalue weighted by Crippen LogP contribution is 2.35. The molecule has 39 heavy (non-hydrogen) atoms. The van der Waals surface area contributed by atoms with E-state index in [4.69, 9.17) is 30.3 Å². The molecule has 0 aliphatic carbocycles. The Kier molecular flexibility index (Phi) is 6.74. The van der Waals surface area contributed by atoms with Crippen molar-refractivity contribution in [2.45, 2.75) is 25.5 Å². The predicted molar refractivity (Wildman–Crippen MR) is 145 cm³/mol. The normalized spacial score (nSPS) is 17.6. The van der Waals surface area contributed by atoms with Crippen LogP contribution in [-0.4, -0.2) is 76.6 Å². The maximum Gasteiger partial charge on any atom is 0.251 e. The monoisotopic (exact) mass is 531 g/mol. The molecule has 1 atom stereocenters. The van der Waals surface area contributed by atoms with Crippen molar-refractivity contribution < 1.29 is 18.7 Å². The molecule has 2 N–H and O–H groups in total. The summed E-state index contributed by atoms with van der Waals surface area (Å²) in [4.78, 5) is 26.2. The average Bonchev–Trinajstić information content (AvgIpc) is 3.61. The number of anilines is 2. The van der Waals surface area contributed by atoms with Crippen LogP contribution in [0.5, 0.6) is 5.75 Å². The Morgan fingerprint density at radius 3 is 2.62 bits per heavy atom. The van der Waals surface area contributed by atoms with Crippen molar-refractivity contribution in [2.24, 2.45) is 0 Å². The minimum atomic E-state index is -0.484. The molecule has 6 rings (SSSR count). The number of hydrogen-bond donors (Lipinski definition) is 1. The summed E-state index contributed by atoms with van der Waals surface area (Å²) >= 11 is 0. The van der Waals surface area contributed by atoms with Crippen LogP contribution in [-0.2, 0) is 16.1 Å². The molecule has 2 aliphatic heterocycles. The molecule has 11 heteroatoms. The van der Waals surface area contributed by atoms with Gasteiger partial charge in [-0.2, -0.15) is 4.98 Å². The van der Waals surface area contributed by atoms with Gasteiger partial charge < -0.3 is 25.0 Å². The standard InChI is InChI=1S/C28H30FN7O3/c1-38-19-9-10-20(21(29)16-19)24-23-25(30)36(17-18-6-3-2-4-7-18)33-26(23)32-28(31-24)35-13-11-34(12-14-35)27(37)22-8-5-15-39-22/h2-4,6-7,9-10,16,22H,5,8,11-15,17,30H2,1H3. The largest absolute Gasteiger partial charge is 0.497 e. The first-order valence-electron chi connectivity index (χ1n) is 13.1. The molecular formula is C28H30FN7O3. The summed E-state index contributed by atoms with van der Waals surface area (Å²) in [6.07, 6.45) is 1.34. The van der Waals surface area contributed by atoms with E-state index in [1.165, 1.54) is 13.2 Å². The number of piperazine rings is 1. The van der Waals surface area contributed by atoms with E-state index in [9.17, 15) is 4.79 Å². The van der Waals surface area contributed by atoms with E-state index >= 15 is 4.39 Å². The van der Waals surface area contributed by atoms with Crippen LogP contribution in [0.4, 0.5) is 16.2 Å². The maximum absolute atomic E-state index is 15.3. The van der Waals surface area contributed by atoms with Gasteiger partial charge in [-0.1, -0.05) is 30.3 Å². The van der Waals surface area contributed by atoms with E-state index in [1.54, 1.807) is 16.8 Å². The van der Waals surface area contributed by atoms with Crippen molar-refractivity contribution in [3.05, 3.63) is 59.9 Å². The van der Waals surface area contributed by atoms with Gasteiger partial charge in [-0.05, 0) is 30.5 Å². The summed E-state index contributed by atoms with van der Waals surface area (Å²) in [5, 5.41) is 5.19. The van der Waals surface area contributed by atoms with Crippen molar-refractivity contribution >= 4 is 28.7 Å². The van der Waals surface area contributed by atoms with Crippen LogP contribution < -0.4 is 15.4 Å². The van der Waals surface area contributed by atoms with Crippen LogP contribution in [0.15, 0.2) is 48.5 Å². The van der Waals surface area contributed by atoms with Gasteiger partial charge in [0.05, 0.1) is 24.7 Å². The molecule has 0 spiro atoms. The van der Waals surface area contributed by atoms with E-state index < -0.39 is 5.82 Å². The van der Waals surface area contributed by atoms with Gasteiger partial charge in [-0.15, -0.1) is 5.10 Å². The third-order valence-corrected chi connectivity index (χ3v) is 7.31. The highest BCUT2D eigenvalue weighted by molar-refractivity contribution is 5.99. The second kappa shape index (κ2) is 10.5. The third kappa shape index (κ3) is 4.85. The summed E-state index contributed by atoms with van der Waals surface area (Å²) < 4.78 is 27.8. The van der Waals surface area contributed by atoms with Gasteiger partial charge in [0.15, 0.2) is 5.65 Å². The molecule has 0 radical (unpaired) electrons. The van der Waals surface area contributed by atoms with E-state index in [0.717, 1.165) is 18.4 Å². The minimum absolute atomic E-state index is 0.0388. The number of aromatic nitrogens is 4. The van der Waals surface area contributed by atoms with Gasteiger partial charge in [0, 0.05) is 44.4 Å². The van der Waals surface area contributed by atoms with Crippen LogP contribution in [0.3, 0.4) is 0 Å². The lowest BCUT2D eigenvalue weighted by Gasteiger charge is -2.35. The number of nitrogens with two attached hydrogens (primary N) is 1. The average molecular weight is 532 g/mol. The van der Waals surface area contributed by atoms with Crippen molar-refractivity contribution in [1.82, 2.24) is 24.6 Å². The zero-order chi connectivity index (χ0) is 26.9. The van der Waals surface area contributed by atoms with Crippen LogP contribution in [0.25, 0.3) is 22.3 Å². The van der Waals surface area contributed by atoms with Gasteiger partial charge in [0.25, 0.3) is 5.91 Å². The summed E-state index contributed by atoms with van der Waals surface area (Å²) in [7, 11) is 1.49. The predicted octanol–water partition coefficient (Wildman–Crippen LogP) is 3.10. The smallest absolute Gasteiger partial charge is 0.251 e. The number of ether oxygens (including phenoxy) is 2. The molecule has 4 aromatic rings. The third-order valence-electron chi connectivity index (χ3n) is 7.31. The fourth-order valence-electron chi connectivity index (χ4n) is 5.17. The summed E-state index contributed by atoms with van der Waals surface area (Å²) in [5.41, 5.74) is 8.63. The first kappa shape index (κ1) is 25.1. The number of nitrogens with zero attached hydrogens (tertiary/aromatic N) is 6. The van der Waals surface area contributed by atoms with Crippen LogP contribution >= 0.6 is 0 Å². The number of fused-ring (bicyclic) bond motifs is 1. The number of halogens is 1. The second-order valence-electron chi connectivity index (χ2n) is 9.76. The first-order chi connectivity index (χ1) is 19.0. The number of amides is 1. The number of rotatable bonds is 6. The molecule has 2 aromatic carbocycles. The fraction of sp³-hybridized carbons (Fsp3) is 0.357. The minimum Gasteiger partial charge on any atom is -0.497 e. The first-order valence-corrected chi connectivity index (χ1v) is 13.1. The Morgan fingerprint density at radius 2 is 1.92 bits per heavy atom. The lowest BCUT2D eigenvalue weighted by molar-refractivity contribution is -0.141. The Bertz CT molecular complexity index is 1500. The Labute approximate surface area is 225 Å². The number of carbonyl (C=O) groups excluding carboxylic acids is 1. The van der Waals surface area contributed by atoms with Crippen molar-refractivity contribution in [3.8, 4) is 17.0 Å². The molecule has 10 nitrogen and oxygen atoms in total. The fourth-order valence-corrected chi connectivity index (χ4v) is 5.17. The quantitative estimate of drug-likeness (QED) is 0.404. The van der Waals surface area contributed by atoms with Gasteiger partial charge in [-0.3, -0.25) is 4.79 Å². The van der Waals surface area contributed by atoms with E-state index in [-0.39, 0.29) is 17.6 Å². The summed E-state index contributed by atoms with van der Waals surface area (Å²) in [6, 6.07) is 14.5. The number of carbonyl (C=O) groups is 1. The Hall–Kier alpha value is -4.25. The molecule has 2 saturated heterocycles. The van der Waals surface area contributed by atoms with Gasteiger partial charge in [-0.25, -0.2) is 14.1 Å².